The predicted molar refractivity (Wildman–Crippen MR) is 132 cm³/mol. The minimum Gasteiger partial charge on any atom is -0.467 e. The van der Waals surface area contributed by atoms with Crippen LogP contribution in [-0.2, 0) is 29.1 Å². The number of amides is 3. The van der Waals surface area contributed by atoms with Crippen molar-refractivity contribution in [3.05, 3.63) is 95.4 Å². The van der Waals surface area contributed by atoms with Gasteiger partial charge < -0.3 is 19.5 Å². The minimum atomic E-state index is -0.261. The molecule has 182 valence electrons. The highest BCUT2D eigenvalue weighted by atomic mass is 16.3. The van der Waals surface area contributed by atoms with Crippen LogP contribution in [0.2, 0.25) is 0 Å². The van der Waals surface area contributed by atoms with Gasteiger partial charge in [-0.3, -0.25) is 14.4 Å². The van der Waals surface area contributed by atoms with E-state index < -0.39 is 0 Å². The molecule has 0 spiro atoms. The van der Waals surface area contributed by atoms with Gasteiger partial charge in [0.2, 0.25) is 11.8 Å². The molecule has 1 unspecified atom stereocenters. The van der Waals surface area contributed by atoms with E-state index in [4.69, 9.17) is 4.42 Å². The molecular formula is C28H31N3O4. The van der Waals surface area contributed by atoms with E-state index in [1.165, 1.54) is 0 Å². The summed E-state index contributed by atoms with van der Waals surface area (Å²) in [6.07, 6.45) is 3.49. The summed E-state index contributed by atoms with van der Waals surface area (Å²) in [6.45, 7) is 1.84. The molecule has 3 aromatic rings. The second kappa shape index (κ2) is 11.5. The maximum atomic E-state index is 13.7. The topological polar surface area (TPSA) is 82.9 Å². The number of carbonyl (C=O) groups excluding carboxylic acids is 3. The van der Waals surface area contributed by atoms with Crippen molar-refractivity contribution in [3.8, 4) is 0 Å². The fraction of sp³-hybridized carbons (Fsp3) is 0.321. The molecule has 1 aliphatic heterocycles. The maximum absolute atomic E-state index is 13.7. The number of furan rings is 1. The zero-order chi connectivity index (χ0) is 24.6. The van der Waals surface area contributed by atoms with Gasteiger partial charge in [0.1, 0.15) is 5.76 Å². The summed E-state index contributed by atoms with van der Waals surface area (Å²) in [4.78, 5) is 42.0. The van der Waals surface area contributed by atoms with Crippen molar-refractivity contribution in [2.45, 2.75) is 32.4 Å². The fourth-order valence-corrected chi connectivity index (χ4v) is 4.47. The molecule has 0 saturated carbocycles. The van der Waals surface area contributed by atoms with Crippen LogP contribution < -0.4 is 5.32 Å². The molecular weight excluding hydrogens is 442 g/mol. The molecule has 1 aliphatic rings. The third-order valence-corrected chi connectivity index (χ3v) is 6.38. The summed E-state index contributed by atoms with van der Waals surface area (Å²) in [5.74, 6) is 0.351. The molecule has 7 nitrogen and oxygen atoms in total. The Kier molecular flexibility index (Phi) is 7.98. The van der Waals surface area contributed by atoms with Gasteiger partial charge in [0, 0.05) is 32.2 Å². The molecule has 35 heavy (non-hydrogen) atoms. The number of nitrogens with one attached hydrogen (secondary N) is 1. The van der Waals surface area contributed by atoms with Gasteiger partial charge in [-0.2, -0.15) is 0 Å². The summed E-state index contributed by atoms with van der Waals surface area (Å²) < 4.78 is 5.52. The first-order valence-electron chi connectivity index (χ1n) is 12.0. The normalized spacial score (nSPS) is 15.5. The maximum Gasteiger partial charge on any atom is 0.251 e. The first kappa shape index (κ1) is 24.3. The number of hydrogen-bond donors (Lipinski definition) is 1. The molecule has 4 rings (SSSR count). The molecule has 2 aromatic carbocycles. The molecule has 1 N–H and O–H groups in total. The van der Waals surface area contributed by atoms with Crippen LogP contribution in [0.4, 0.5) is 0 Å². The molecule has 1 atom stereocenters. The molecule has 7 heteroatoms. The van der Waals surface area contributed by atoms with Crippen LogP contribution in [0.25, 0.3) is 0 Å². The lowest BCUT2D eigenvalue weighted by Crippen LogP contribution is -2.46. The summed E-state index contributed by atoms with van der Waals surface area (Å²) >= 11 is 0. The Morgan fingerprint density at radius 1 is 0.971 bits per heavy atom. The Bertz CT molecular complexity index is 1130. The van der Waals surface area contributed by atoms with Gasteiger partial charge >= 0.3 is 0 Å². The van der Waals surface area contributed by atoms with E-state index in [-0.39, 0.29) is 23.6 Å². The van der Waals surface area contributed by atoms with E-state index in [0.717, 1.165) is 24.0 Å². The van der Waals surface area contributed by atoms with Crippen LogP contribution in [0.1, 0.15) is 40.1 Å². The molecule has 1 aromatic heterocycles. The van der Waals surface area contributed by atoms with Crippen molar-refractivity contribution >= 4 is 17.7 Å². The summed E-state index contributed by atoms with van der Waals surface area (Å²) in [6, 6.07) is 20.6. The van der Waals surface area contributed by atoms with E-state index in [1.54, 1.807) is 36.4 Å². The van der Waals surface area contributed by atoms with E-state index in [2.05, 4.69) is 5.32 Å². The SMILES string of the molecule is CNC(=O)c1ccc(CN(Cc2ccco2)C(=O)C2CCCN(C(=O)Cc3ccccc3)C2)cc1. The van der Waals surface area contributed by atoms with Crippen molar-refractivity contribution in [2.24, 2.45) is 5.92 Å². The zero-order valence-corrected chi connectivity index (χ0v) is 20.0. The molecule has 3 amide bonds. The Hall–Kier alpha value is -3.87. The summed E-state index contributed by atoms with van der Waals surface area (Å²) in [7, 11) is 1.60. The van der Waals surface area contributed by atoms with Crippen LogP contribution in [-0.4, -0.2) is 47.7 Å². The Morgan fingerprint density at radius 2 is 1.74 bits per heavy atom. The predicted octanol–water partition coefficient (Wildman–Crippen LogP) is 3.65. The quantitative estimate of drug-likeness (QED) is 0.541. The lowest BCUT2D eigenvalue weighted by Gasteiger charge is -2.35. The van der Waals surface area contributed by atoms with Crippen LogP contribution in [0.3, 0.4) is 0 Å². The van der Waals surface area contributed by atoms with Crippen LogP contribution in [0.15, 0.2) is 77.4 Å². The third kappa shape index (κ3) is 6.38. The first-order chi connectivity index (χ1) is 17.0. The Labute approximate surface area is 205 Å². The lowest BCUT2D eigenvalue weighted by atomic mass is 9.95. The Balaban J connectivity index is 1.45. The van der Waals surface area contributed by atoms with Crippen molar-refractivity contribution in [2.75, 3.05) is 20.1 Å². The second-order valence-corrected chi connectivity index (χ2v) is 8.89. The van der Waals surface area contributed by atoms with Crippen LogP contribution in [0, 0.1) is 5.92 Å². The largest absolute Gasteiger partial charge is 0.467 e. The number of benzene rings is 2. The lowest BCUT2D eigenvalue weighted by molar-refractivity contribution is -0.141. The van der Waals surface area contributed by atoms with Crippen molar-refractivity contribution in [3.63, 3.8) is 0 Å². The van der Waals surface area contributed by atoms with Gasteiger partial charge in [0.25, 0.3) is 5.91 Å². The van der Waals surface area contributed by atoms with Gasteiger partial charge in [-0.05, 0) is 48.2 Å². The van der Waals surface area contributed by atoms with Gasteiger partial charge in [-0.25, -0.2) is 0 Å². The van der Waals surface area contributed by atoms with Crippen molar-refractivity contribution in [1.29, 1.82) is 0 Å². The molecule has 1 saturated heterocycles. The Morgan fingerprint density at radius 3 is 2.43 bits per heavy atom. The van der Waals surface area contributed by atoms with E-state index >= 15 is 0 Å². The molecule has 1 fully saturated rings. The molecule has 0 bridgehead atoms. The van der Waals surface area contributed by atoms with E-state index in [1.807, 2.05) is 53.4 Å². The minimum absolute atomic E-state index is 0.00832. The highest BCUT2D eigenvalue weighted by Gasteiger charge is 2.31. The van der Waals surface area contributed by atoms with Crippen molar-refractivity contribution < 1.29 is 18.8 Å². The zero-order valence-electron chi connectivity index (χ0n) is 20.0. The second-order valence-electron chi connectivity index (χ2n) is 8.89. The number of carbonyl (C=O) groups is 3. The average molecular weight is 474 g/mol. The van der Waals surface area contributed by atoms with Gasteiger partial charge in [0.15, 0.2) is 0 Å². The van der Waals surface area contributed by atoms with E-state index in [0.29, 0.717) is 43.9 Å². The van der Waals surface area contributed by atoms with Gasteiger partial charge in [-0.1, -0.05) is 42.5 Å². The number of rotatable bonds is 8. The van der Waals surface area contributed by atoms with Gasteiger partial charge in [0.05, 0.1) is 25.1 Å². The fourth-order valence-electron chi connectivity index (χ4n) is 4.47. The van der Waals surface area contributed by atoms with Crippen molar-refractivity contribution in [1.82, 2.24) is 15.1 Å². The number of likely N-dealkylation sites (tertiary alicyclic amines) is 1. The summed E-state index contributed by atoms with van der Waals surface area (Å²) in [5.41, 5.74) is 2.47. The monoisotopic (exact) mass is 473 g/mol. The third-order valence-electron chi connectivity index (χ3n) is 6.38. The average Bonchev–Trinajstić information content (AvgIpc) is 3.42. The van der Waals surface area contributed by atoms with Crippen LogP contribution in [0.5, 0.6) is 0 Å². The van der Waals surface area contributed by atoms with Crippen LogP contribution >= 0.6 is 0 Å². The highest BCUT2D eigenvalue weighted by molar-refractivity contribution is 5.94. The first-order valence-corrected chi connectivity index (χ1v) is 12.0. The van der Waals surface area contributed by atoms with Gasteiger partial charge in [-0.15, -0.1) is 0 Å². The number of hydrogen-bond acceptors (Lipinski definition) is 4. The standard InChI is InChI=1S/C28H31N3O4/c1-29-27(33)23-13-11-22(12-14-23)18-31(20-25-10-6-16-35-25)28(34)24-9-5-15-30(19-24)26(32)17-21-7-3-2-4-8-21/h2-4,6-8,10-14,16,24H,5,9,15,17-20H2,1H3,(H,29,33). The molecule has 2 heterocycles. The number of nitrogens with zero attached hydrogens (tertiary/aromatic N) is 2. The smallest absolute Gasteiger partial charge is 0.251 e. The highest BCUT2D eigenvalue weighted by Crippen LogP contribution is 2.23. The summed E-state index contributed by atoms with van der Waals surface area (Å²) in [5, 5.41) is 2.61. The molecule has 0 aliphatic carbocycles. The van der Waals surface area contributed by atoms with E-state index in [9.17, 15) is 14.4 Å². The molecule has 0 radical (unpaired) electrons. The number of piperidine rings is 1.